The van der Waals surface area contributed by atoms with Crippen molar-refractivity contribution in [3.63, 3.8) is 0 Å². The van der Waals surface area contributed by atoms with Crippen molar-refractivity contribution in [1.29, 1.82) is 0 Å². The molecule has 0 amide bonds. The Hall–Kier alpha value is -1.42. The van der Waals surface area contributed by atoms with E-state index in [0.29, 0.717) is 34.7 Å². The number of methoxy groups -OCH3 is 1. The van der Waals surface area contributed by atoms with Crippen LogP contribution in [0.1, 0.15) is 11.1 Å². The number of rotatable bonds is 5. The molecule has 0 saturated carbocycles. The Morgan fingerprint density at radius 2 is 1.75 bits per heavy atom. The van der Waals surface area contributed by atoms with Crippen molar-refractivity contribution in [2.75, 3.05) is 7.11 Å². The zero-order chi connectivity index (χ0) is 14.5. The molecular formula is C15H15Cl2NO2. The number of ether oxygens (including phenoxy) is 2. The first-order valence-corrected chi connectivity index (χ1v) is 6.84. The highest BCUT2D eigenvalue weighted by Crippen LogP contribution is 2.33. The van der Waals surface area contributed by atoms with Crippen LogP contribution in [0.4, 0.5) is 0 Å². The van der Waals surface area contributed by atoms with E-state index in [1.165, 1.54) is 0 Å². The van der Waals surface area contributed by atoms with Crippen LogP contribution < -0.4 is 15.2 Å². The van der Waals surface area contributed by atoms with Crippen LogP contribution >= 0.6 is 23.2 Å². The van der Waals surface area contributed by atoms with Crippen LogP contribution in [-0.2, 0) is 13.2 Å². The maximum absolute atomic E-state index is 6.14. The molecule has 0 aliphatic heterocycles. The molecule has 2 aromatic rings. The molecule has 0 radical (unpaired) electrons. The third-order valence-electron chi connectivity index (χ3n) is 2.90. The number of hydrogen-bond donors (Lipinski definition) is 1. The summed E-state index contributed by atoms with van der Waals surface area (Å²) >= 11 is 12.1. The average molecular weight is 312 g/mol. The quantitative estimate of drug-likeness (QED) is 0.906. The normalized spacial score (nSPS) is 10.4. The summed E-state index contributed by atoms with van der Waals surface area (Å²) in [5.74, 6) is 1.28. The van der Waals surface area contributed by atoms with Crippen LogP contribution in [0.25, 0.3) is 0 Å². The van der Waals surface area contributed by atoms with E-state index in [1.54, 1.807) is 13.2 Å². The first kappa shape index (κ1) is 15.0. The van der Waals surface area contributed by atoms with Crippen molar-refractivity contribution in [3.8, 4) is 11.5 Å². The molecule has 0 saturated heterocycles. The molecule has 3 nitrogen and oxygen atoms in total. The van der Waals surface area contributed by atoms with E-state index in [-0.39, 0.29) is 0 Å². The molecule has 0 aliphatic rings. The highest BCUT2D eigenvalue weighted by molar-refractivity contribution is 6.42. The van der Waals surface area contributed by atoms with Gasteiger partial charge >= 0.3 is 0 Å². The summed E-state index contributed by atoms with van der Waals surface area (Å²) in [6, 6.07) is 11.0. The van der Waals surface area contributed by atoms with Gasteiger partial charge in [0.1, 0.15) is 6.61 Å². The summed E-state index contributed by atoms with van der Waals surface area (Å²) in [7, 11) is 1.59. The van der Waals surface area contributed by atoms with E-state index in [0.717, 1.165) is 11.1 Å². The summed E-state index contributed by atoms with van der Waals surface area (Å²) in [5.41, 5.74) is 7.40. The second kappa shape index (κ2) is 6.84. The van der Waals surface area contributed by atoms with Gasteiger partial charge in [-0.1, -0.05) is 47.5 Å². The van der Waals surface area contributed by atoms with Crippen molar-refractivity contribution in [2.24, 2.45) is 5.73 Å². The molecule has 0 aliphatic carbocycles. The molecule has 0 bridgehead atoms. The van der Waals surface area contributed by atoms with Crippen LogP contribution in [0.3, 0.4) is 0 Å². The lowest BCUT2D eigenvalue weighted by atomic mass is 10.2. The minimum atomic E-state index is 0.298. The Bertz CT molecular complexity index is 580. The lowest BCUT2D eigenvalue weighted by molar-refractivity contribution is 0.281. The Labute approximate surface area is 128 Å². The van der Waals surface area contributed by atoms with E-state index in [9.17, 15) is 0 Å². The van der Waals surface area contributed by atoms with Gasteiger partial charge in [0.05, 0.1) is 17.2 Å². The third-order valence-corrected chi connectivity index (χ3v) is 3.76. The fourth-order valence-corrected chi connectivity index (χ4v) is 2.23. The molecular weight excluding hydrogens is 297 g/mol. The third kappa shape index (κ3) is 3.18. The van der Waals surface area contributed by atoms with Crippen LogP contribution in [0.15, 0.2) is 36.4 Å². The molecule has 2 rings (SSSR count). The second-order valence-electron chi connectivity index (χ2n) is 4.15. The van der Waals surface area contributed by atoms with Crippen LogP contribution in [0, 0.1) is 0 Å². The maximum atomic E-state index is 6.14. The first-order chi connectivity index (χ1) is 9.67. The molecule has 106 valence electrons. The predicted molar refractivity (Wildman–Crippen MR) is 81.7 cm³/mol. The van der Waals surface area contributed by atoms with Crippen molar-refractivity contribution in [1.82, 2.24) is 0 Å². The van der Waals surface area contributed by atoms with E-state index in [2.05, 4.69) is 0 Å². The molecule has 2 N–H and O–H groups in total. The van der Waals surface area contributed by atoms with Gasteiger partial charge in [0.15, 0.2) is 11.5 Å². The Balaban J connectivity index is 2.24. The van der Waals surface area contributed by atoms with Gasteiger partial charge in [-0.2, -0.15) is 0 Å². The summed E-state index contributed by atoms with van der Waals surface area (Å²) in [6.45, 7) is 0.669. The molecule has 0 unspecified atom stereocenters. The highest BCUT2D eigenvalue weighted by Gasteiger charge is 2.11. The van der Waals surface area contributed by atoms with E-state index < -0.39 is 0 Å². The number of hydrogen-bond acceptors (Lipinski definition) is 3. The molecule has 20 heavy (non-hydrogen) atoms. The molecule has 0 heterocycles. The summed E-state index contributed by atoms with van der Waals surface area (Å²) < 4.78 is 11.1. The largest absolute Gasteiger partial charge is 0.493 e. The van der Waals surface area contributed by atoms with Gasteiger partial charge in [-0.3, -0.25) is 0 Å². The Morgan fingerprint density at radius 1 is 1.05 bits per heavy atom. The molecule has 0 atom stereocenters. The fraction of sp³-hybridized carbons (Fsp3) is 0.200. The standard InChI is InChI=1S/C15H15Cl2NO2/c1-19-13-7-3-4-10(8-18)15(13)20-9-11-5-2-6-12(16)14(11)17/h2-7H,8-9,18H2,1H3. The Kier molecular flexibility index (Phi) is 5.12. The van der Waals surface area contributed by atoms with Crippen molar-refractivity contribution in [3.05, 3.63) is 57.6 Å². The SMILES string of the molecule is COc1cccc(CN)c1OCc1cccc(Cl)c1Cl. The summed E-state index contributed by atoms with van der Waals surface area (Å²) in [5, 5.41) is 1.00. The molecule has 0 spiro atoms. The van der Waals surface area contributed by atoms with Crippen LogP contribution in [0.2, 0.25) is 10.0 Å². The van der Waals surface area contributed by atoms with Gasteiger partial charge in [0.25, 0.3) is 0 Å². The van der Waals surface area contributed by atoms with Gasteiger partial charge in [0, 0.05) is 17.7 Å². The maximum Gasteiger partial charge on any atom is 0.166 e. The number of para-hydroxylation sites is 1. The van der Waals surface area contributed by atoms with Crippen molar-refractivity contribution < 1.29 is 9.47 Å². The number of halogens is 2. The van der Waals surface area contributed by atoms with Gasteiger partial charge < -0.3 is 15.2 Å². The molecule has 5 heteroatoms. The van der Waals surface area contributed by atoms with E-state index >= 15 is 0 Å². The molecule has 0 aromatic heterocycles. The molecule has 0 fully saturated rings. The first-order valence-electron chi connectivity index (χ1n) is 6.09. The van der Waals surface area contributed by atoms with Crippen LogP contribution in [0.5, 0.6) is 11.5 Å². The number of benzene rings is 2. The van der Waals surface area contributed by atoms with Gasteiger partial charge in [-0.05, 0) is 12.1 Å². The van der Waals surface area contributed by atoms with Crippen molar-refractivity contribution in [2.45, 2.75) is 13.2 Å². The summed E-state index contributed by atoms with van der Waals surface area (Å²) in [4.78, 5) is 0. The van der Waals surface area contributed by atoms with Gasteiger partial charge in [0.2, 0.25) is 0 Å². The monoisotopic (exact) mass is 311 g/mol. The van der Waals surface area contributed by atoms with E-state index in [1.807, 2.05) is 30.3 Å². The minimum absolute atomic E-state index is 0.298. The minimum Gasteiger partial charge on any atom is -0.493 e. The van der Waals surface area contributed by atoms with Crippen molar-refractivity contribution >= 4 is 23.2 Å². The van der Waals surface area contributed by atoms with E-state index in [4.69, 9.17) is 38.4 Å². The fourth-order valence-electron chi connectivity index (χ4n) is 1.86. The highest BCUT2D eigenvalue weighted by atomic mass is 35.5. The lowest BCUT2D eigenvalue weighted by Gasteiger charge is -2.15. The Morgan fingerprint density at radius 3 is 2.45 bits per heavy atom. The average Bonchev–Trinajstić information content (AvgIpc) is 2.48. The summed E-state index contributed by atoms with van der Waals surface area (Å²) in [6.07, 6.45) is 0. The smallest absolute Gasteiger partial charge is 0.166 e. The predicted octanol–water partition coefficient (Wildman–Crippen LogP) is 4.04. The number of nitrogens with two attached hydrogens (primary N) is 1. The van der Waals surface area contributed by atoms with Crippen LogP contribution in [-0.4, -0.2) is 7.11 Å². The zero-order valence-corrected chi connectivity index (χ0v) is 12.5. The van der Waals surface area contributed by atoms with Gasteiger partial charge in [-0.15, -0.1) is 0 Å². The zero-order valence-electron chi connectivity index (χ0n) is 11.0. The second-order valence-corrected chi connectivity index (χ2v) is 4.94. The lowest BCUT2D eigenvalue weighted by Crippen LogP contribution is -2.04. The molecule has 2 aromatic carbocycles. The topological polar surface area (TPSA) is 44.5 Å². The van der Waals surface area contributed by atoms with Gasteiger partial charge in [-0.25, -0.2) is 0 Å².